The summed E-state index contributed by atoms with van der Waals surface area (Å²) in [5, 5.41) is 3.76. The number of piperidine rings is 1. The van der Waals surface area contributed by atoms with Gasteiger partial charge in [-0.1, -0.05) is 18.2 Å². The lowest BCUT2D eigenvalue weighted by Gasteiger charge is -2.28. The van der Waals surface area contributed by atoms with Gasteiger partial charge in [-0.25, -0.2) is 9.37 Å². The fraction of sp³-hybridized carbons (Fsp3) is 0.346. The molecule has 3 heterocycles. The van der Waals surface area contributed by atoms with Crippen molar-refractivity contribution in [1.29, 1.82) is 0 Å². The van der Waals surface area contributed by atoms with E-state index in [1.54, 1.807) is 30.3 Å². The van der Waals surface area contributed by atoms with Crippen molar-refractivity contribution in [2.45, 2.75) is 19.4 Å². The number of nitrogens with zero attached hydrogens (tertiary/aromatic N) is 2. The zero-order chi connectivity index (χ0) is 24.1. The van der Waals surface area contributed by atoms with E-state index in [1.165, 1.54) is 23.5 Å². The largest absolute Gasteiger partial charge is 0.486 e. The standard InChI is InChI=1S/C26H24FN3O4S/c1-14-29-22(24(35-14)15-4-2-5-17(27)10-15)26(32)30-13-16-11-19(16)20(30)12-28-25(31)18-6-3-7-21-23(18)34-9-8-33-21/h2-7,10,16,19-20H,8-9,11-13H2,1H3,(H,28,31)/t16-,19-,20-/m1/s1. The number of aryl methyl sites for hydroxylation is 1. The molecule has 3 atom stereocenters. The van der Waals surface area contributed by atoms with Gasteiger partial charge in [0.15, 0.2) is 11.5 Å². The SMILES string of the molecule is Cc1nc(C(=O)N2C[C@H]3C[C@H]3[C@H]2CNC(=O)c2cccc3c2OCCO3)c(-c2cccc(F)c2)s1. The zero-order valence-electron chi connectivity index (χ0n) is 19.1. The number of nitrogens with one attached hydrogen (secondary N) is 1. The lowest BCUT2D eigenvalue weighted by molar-refractivity contribution is 0.0690. The minimum Gasteiger partial charge on any atom is -0.486 e. The summed E-state index contributed by atoms with van der Waals surface area (Å²) >= 11 is 1.38. The average Bonchev–Trinajstić information content (AvgIpc) is 3.38. The molecule has 6 rings (SSSR count). The number of thiazole rings is 1. The quantitative estimate of drug-likeness (QED) is 0.583. The van der Waals surface area contributed by atoms with E-state index >= 15 is 0 Å². The van der Waals surface area contributed by atoms with Gasteiger partial charge in [0.1, 0.15) is 24.7 Å². The number of hydrogen-bond donors (Lipinski definition) is 1. The van der Waals surface area contributed by atoms with E-state index in [0.717, 1.165) is 11.4 Å². The number of carbonyl (C=O) groups excluding carboxylic acids is 2. The van der Waals surface area contributed by atoms with Crippen LogP contribution in [0.15, 0.2) is 42.5 Å². The highest BCUT2D eigenvalue weighted by molar-refractivity contribution is 7.15. The summed E-state index contributed by atoms with van der Waals surface area (Å²) in [6.45, 7) is 3.67. The molecule has 9 heteroatoms. The summed E-state index contributed by atoms with van der Waals surface area (Å²) in [5.41, 5.74) is 1.41. The Labute approximate surface area is 205 Å². The van der Waals surface area contributed by atoms with Crippen LogP contribution in [-0.2, 0) is 0 Å². The van der Waals surface area contributed by atoms with Crippen LogP contribution in [0.25, 0.3) is 10.4 Å². The number of halogens is 1. The minimum atomic E-state index is -0.354. The molecule has 1 saturated heterocycles. The van der Waals surface area contributed by atoms with Crippen molar-refractivity contribution in [1.82, 2.24) is 15.2 Å². The van der Waals surface area contributed by atoms with Crippen molar-refractivity contribution in [3.63, 3.8) is 0 Å². The van der Waals surface area contributed by atoms with Gasteiger partial charge in [0.25, 0.3) is 11.8 Å². The molecule has 0 unspecified atom stereocenters. The van der Waals surface area contributed by atoms with Crippen molar-refractivity contribution < 1.29 is 23.5 Å². The van der Waals surface area contributed by atoms with Crippen LogP contribution < -0.4 is 14.8 Å². The lowest BCUT2D eigenvalue weighted by Crippen LogP contribution is -2.45. The van der Waals surface area contributed by atoms with Gasteiger partial charge in [-0.15, -0.1) is 11.3 Å². The number of benzene rings is 2. The predicted octanol–water partition coefficient (Wildman–Crippen LogP) is 3.92. The van der Waals surface area contributed by atoms with Crippen LogP contribution in [0.3, 0.4) is 0 Å². The van der Waals surface area contributed by atoms with Crippen molar-refractivity contribution in [3.05, 3.63) is 64.5 Å². The summed E-state index contributed by atoms with van der Waals surface area (Å²) in [6.07, 6.45) is 1.05. The van der Waals surface area contributed by atoms with E-state index < -0.39 is 0 Å². The Morgan fingerprint density at radius 3 is 2.89 bits per heavy atom. The smallest absolute Gasteiger partial charge is 0.274 e. The highest BCUT2D eigenvalue weighted by Crippen LogP contribution is 2.50. The average molecular weight is 494 g/mol. The third-order valence-corrected chi connectivity index (χ3v) is 7.89. The molecule has 0 bridgehead atoms. The molecule has 35 heavy (non-hydrogen) atoms. The lowest BCUT2D eigenvalue weighted by atomic mass is 10.1. The molecule has 1 N–H and O–H groups in total. The maximum atomic E-state index is 13.9. The Hall–Kier alpha value is -3.46. The van der Waals surface area contributed by atoms with Gasteiger partial charge < -0.3 is 19.7 Å². The van der Waals surface area contributed by atoms with E-state index in [4.69, 9.17) is 9.47 Å². The van der Waals surface area contributed by atoms with Gasteiger partial charge in [0.2, 0.25) is 0 Å². The predicted molar refractivity (Wildman–Crippen MR) is 128 cm³/mol. The number of aromatic nitrogens is 1. The van der Waals surface area contributed by atoms with Crippen molar-refractivity contribution >= 4 is 23.2 Å². The number of hydrogen-bond acceptors (Lipinski definition) is 6. The Morgan fingerprint density at radius 2 is 2.03 bits per heavy atom. The Morgan fingerprint density at radius 1 is 1.20 bits per heavy atom. The molecule has 180 valence electrons. The van der Waals surface area contributed by atoms with Crippen LogP contribution in [0.2, 0.25) is 0 Å². The first-order valence-electron chi connectivity index (χ1n) is 11.7. The summed E-state index contributed by atoms with van der Waals surface area (Å²) < 4.78 is 25.1. The summed E-state index contributed by atoms with van der Waals surface area (Å²) in [6, 6.07) is 11.4. The first-order chi connectivity index (χ1) is 17.0. The van der Waals surface area contributed by atoms with E-state index in [0.29, 0.717) is 71.3 Å². The van der Waals surface area contributed by atoms with Crippen LogP contribution in [-0.4, -0.2) is 54.0 Å². The Kier molecular flexibility index (Phi) is 5.44. The number of amides is 2. The molecule has 0 radical (unpaired) electrons. The van der Waals surface area contributed by atoms with Crippen LogP contribution >= 0.6 is 11.3 Å². The minimum absolute atomic E-state index is 0.115. The first-order valence-corrected chi connectivity index (χ1v) is 12.5. The number of rotatable bonds is 5. The molecule has 2 fully saturated rings. The van der Waals surface area contributed by atoms with Gasteiger partial charge in [0, 0.05) is 13.1 Å². The van der Waals surface area contributed by atoms with Gasteiger partial charge in [-0.3, -0.25) is 9.59 Å². The maximum Gasteiger partial charge on any atom is 0.274 e. The van der Waals surface area contributed by atoms with E-state index in [1.807, 2.05) is 11.8 Å². The molecule has 1 aromatic heterocycles. The van der Waals surface area contributed by atoms with Crippen molar-refractivity contribution in [3.8, 4) is 21.9 Å². The Balaban J connectivity index is 1.21. The molecule has 0 spiro atoms. The second-order valence-corrected chi connectivity index (χ2v) is 10.3. The Bertz CT molecular complexity index is 1330. The summed E-state index contributed by atoms with van der Waals surface area (Å²) in [7, 11) is 0. The molecular formula is C26H24FN3O4S. The second kappa shape index (κ2) is 8.64. The normalized spacial score (nSPS) is 22.0. The third-order valence-electron chi connectivity index (χ3n) is 6.87. The van der Waals surface area contributed by atoms with E-state index in [9.17, 15) is 14.0 Å². The summed E-state index contributed by atoms with van der Waals surface area (Å²) in [4.78, 5) is 33.7. The summed E-state index contributed by atoms with van der Waals surface area (Å²) in [5.74, 6) is 1.04. The van der Waals surface area contributed by atoms with Crippen molar-refractivity contribution in [2.75, 3.05) is 26.3 Å². The molecule has 7 nitrogen and oxygen atoms in total. The topological polar surface area (TPSA) is 80.8 Å². The van der Waals surface area contributed by atoms with Gasteiger partial charge in [0.05, 0.1) is 21.5 Å². The van der Waals surface area contributed by atoms with E-state index in [2.05, 4.69) is 10.3 Å². The zero-order valence-corrected chi connectivity index (χ0v) is 19.9. The van der Waals surface area contributed by atoms with Crippen LogP contribution in [0.1, 0.15) is 32.3 Å². The van der Waals surface area contributed by atoms with Gasteiger partial charge in [-0.05, 0) is 55.0 Å². The number of likely N-dealkylation sites (tertiary alicyclic amines) is 1. The van der Waals surface area contributed by atoms with Gasteiger partial charge >= 0.3 is 0 Å². The fourth-order valence-electron chi connectivity index (χ4n) is 5.14. The first kappa shape index (κ1) is 22.0. The molecule has 2 aromatic carbocycles. The molecule has 3 aromatic rings. The maximum absolute atomic E-state index is 13.9. The van der Waals surface area contributed by atoms with Gasteiger partial charge in [-0.2, -0.15) is 0 Å². The highest BCUT2D eigenvalue weighted by atomic mass is 32.1. The van der Waals surface area contributed by atoms with Crippen LogP contribution in [0.5, 0.6) is 11.5 Å². The van der Waals surface area contributed by atoms with Crippen LogP contribution in [0.4, 0.5) is 4.39 Å². The number of ether oxygens (including phenoxy) is 2. The molecule has 1 aliphatic carbocycles. The molecular weight excluding hydrogens is 469 g/mol. The third kappa shape index (κ3) is 4.03. The second-order valence-electron chi connectivity index (χ2n) is 9.15. The molecule has 3 aliphatic rings. The highest BCUT2D eigenvalue weighted by Gasteiger charge is 2.54. The van der Waals surface area contributed by atoms with Crippen LogP contribution in [0, 0.1) is 24.6 Å². The molecule has 1 saturated carbocycles. The number of fused-ring (bicyclic) bond motifs is 2. The monoisotopic (exact) mass is 493 g/mol. The van der Waals surface area contributed by atoms with Crippen molar-refractivity contribution in [2.24, 2.45) is 11.8 Å². The molecule has 2 amide bonds. The van der Waals surface area contributed by atoms with E-state index in [-0.39, 0.29) is 23.7 Å². The molecule has 2 aliphatic heterocycles. The number of carbonyl (C=O) groups is 2. The number of para-hydroxylation sites is 1. The fourth-order valence-corrected chi connectivity index (χ4v) is 6.05.